The van der Waals surface area contributed by atoms with Crippen molar-refractivity contribution in [3.8, 4) is 0 Å². The largest absolute Gasteiger partial charge is 0.458 e. The van der Waals surface area contributed by atoms with Gasteiger partial charge in [-0.1, -0.05) is 30.3 Å². The number of nitrogens with two attached hydrogens (primary N) is 2. The van der Waals surface area contributed by atoms with E-state index in [4.69, 9.17) is 20.9 Å². The molecular weight excluding hydrogens is 564 g/mol. The minimum absolute atomic E-state index is 0.0658. The highest BCUT2D eigenvalue weighted by Crippen LogP contribution is 2.57. The lowest BCUT2D eigenvalue weighted by Crippen LogP contribution is -2.55. The second-order valence-electron chi connectivity index (χ2n) is 13.7. The van der Waals surface area contributed by atoms with Crippen LogP contribution in [0.5, 0.6) is 0 Å². The summed E-state index contributed by atoms with van der Waals surface area (Å²) < 4.78 is 11.5. The first-order valence-corrected chi connectivity index (χ1v) is 15.7. The number of esters is 1. The number of hydrogen-bond donors (Lipinski definition) is 5. The highest BCUT2D eigenvalue weighted by Gasteiger charge is 2.53. The van der Waals surface area contributed by atoms with Crippen LogP contribution in [0.2, 0.25) is 0 Å². The lowest BCUT2D eigenvalue weighted by molar-refractivity contribution is -0.159. The summed E-state index contributed by atoms with van der Waals surface area (Å²) in [5.41, 5.74) is 10.4. The molecule has 0 aliphatic heterocycles. The Labute approximate surface area is 259 Å². The van der Waals surface area contributed by atoms with E-state index < -0.39 is 47.2 Å². The van der Waals surface area contributed by atoms with E-state index >= 15 is 0 Å². The average Bonchev–Trinajstić information content (AvgIpc) is 2.91. The van der Waals surface area contributed by atoms with E-state index in [1.165, 1.54) is 19.3 Å². The number of aliphatic imine (C=N–C) groups is 1. The summed E-state index contributed by atoms with van der Waals surface area (Å²) in [6.45, 7) is 5.14. The zero-order valence-electron chi connectivity index (χ0n) is 26.1. The number of hydrogen-bond acceptors (Lipinski definition) is 7. The molecule has 7 N–H and O–H groups in total. The number of ether oxygens (including phenoxy) is 2. The fourth-order valence-corrected chi connectivity index (χ4v) is 7.24. The smallest absolute Gasteiger partial charge is 0.408 e. The normalized spacial score (nSPS) is 24.8. The number of rotatable bonds is 13. The lowest BCUT2D eigenvalue weighted by atomic mass is 9.54. The summed E-state index contributed by atoms with van der Waals surface area (Å²) in [6, 6.07) is 7.20. The van der Waals surface area contributed by atoms with Crippen molar-refractivity contribution < 1.29 is 28.7 Å². The number of nitrogens with one attached hydrogen (secondary N) is 3. The minimum atomic E-state index is -1.02. The van der Waals surface area contributed by atoms with Gasteiger partial charge in [0.2, 0.25) is 11.8 Å². The molecule has 0 aromatic heterocycles. The first kappa shape index (κ1) is 33.1. The van der Waals surface area contributed by atoms with Gasteiger partial charge in [-0.2, -0.15) is 0 Å². The van der Waals surface area contributed by atoms with Crippen LogP contribution < -0.4 is 27.4 Å². The van der Waals surface area contributed by atoms with Crippen molar-refractivity contribution in [2.24, 2.45) is 34.2 Å². The zero-order valence-corrected chi connectivity index (χ0v) is 26.1. The van der Waals surface area contributed by atoms with Crippen molar-refractivity contribution in [1.82, 2.24) is 16.0 Å². The molecule has 0 spiro atoms. The molecule has 12 nitrogen and oxygen atoms in total. The van der Waals surface area contributed by atoms with Crippen LogP contribution in [0.25, 0.3) is 0 Å². The molecule has 0 saturated heterocycles. The Morgan fingerprint density at radius 1 is 0.955 bits per heavy atom. The van der Waals surface area contributed by atoms with Gasteiger partial charge in [0.05, 0.1) is 0 Å². The summed E-state index contributed by atoms with van der Waals surface area (Å²) in [4.78, 5) is 56.3. The molecule has 1 aromatic carbocycles. The van der Waals surface area contributed by atoms with E-state index in [9.17, 15) is 19.2 Å². The van der Waals surface area contributed by atoms with Gasteiger partial charge in [0, 0.05) is 13.0 Å². The first-order chi connectivity index (χ1) is 20.8. The third-order valence-electron chi connectivity index (χ3n) is 8.57. The highest BCUT2D eigenvalue weighted by atomic mass is 16.6. The molecule has 4 aliphatic carbocycles. The van der Waals surface area contributed by atoms with Crippen LogP contribution in [0.1, 0.15) is 77.7 Å². The summed E-state index contributed by atoms with van der Waals surface area (Å²) in [6.07, 6.45) is 6.54. The molecule has 0 heterocycles. The first-order valence-electron chi connectivity index (χ1n) is 15.7. The second kappa shape index (κ2) is 14.3. The van der Waals surface area contributed by atoms with Gasteiger partial charge in [-0.3, -0.25) is 14.6 Å². The van der Waals surface area contributed by atoms with E-state index in [1.54, 1.807) is 20.8 Å². The molecular formula is C32H48N6O6. The summed E-state index contributed by atoms with van der Waals surface area (Å²) in [5, 5.41) is 8.06. The van der Waals surface area contributed by atoms with Crippen LogP contribution in [0, 0.1) is 17.8 Å². The van der Waals surface area contributed by atoms with Crippen LogP contribution in [0.3, 0.4) is 0 Å². The van der Waals surface area contributed by atoms with Gasteiger partial charge in [0.25, 0.3) is 0 Å². The van der Waals surface area contributed by atoms with Crippen LogP contribution in [-0.4, -0.2) is 66.2 Å². The standard InChI is InChI=1S/C32H48N6O6/c1-31(2,3)43-28(41)24(10-7-11-35-29(33)34)38-27(40)25(15-20-8-5-4-6-9-20)37-26(39)19-36-30(42)44-32-16-21-12-22(17-32)14-23(13-21)18-32/h4-6,8-9,21-25H,7,10-19H2,1-3H3,(H,36,42)(H,37,39)(H,38,40)(H4,33,34,35)/t21?,22?,23?,24-,25-,32?/m0/s1. The van der Waals surface area contributed by atoms with E-state index in [-0.39, 0.29) is 31.9 Å². The molecule has 3 amide bonds. The topological polar surface area (TPSA) is 187 Å². The molecule has 5 rings (SSSR count). The molecule has 242 valence electrons. The Hall–Kier alpha value is -3.83. The van der Waals surface area contributed by atoms with Gasteiger partial charge in [-0.05, 0) is 95.5 Å². The van der Waals surface area contributed by atoms with E-state index in [2.05, 4.69) is 20.9 Å². The van der Waals surface area contributed by atoms with Gasteiger partial charge < -0.3 is 36.9 Å². The fraction of sp³-hybridized carbons (Fsp3) is 0.656. The van der Waals surface area contributed by atoms with Crippen LogP contribution >= 0.6 is 0 Å². The minimum Gasteiger partial charge on any atom is -0.458 e. The molecule has 0 radical (unpaired) electrons. The van der Waals surface area contributed by atoms with Gasteiger partial charge in [0.15, 0.2) is 5.96 Å². The molecule has 4 bridgehead atoms. The van der Waals surface area contributed by atoms with Crippen LogP contribution in [0.15, 0.2) is 35.3 Å². The van der Waals surface area contributed by atoms with Gasteiger partial charge in [0.1, 0.15) is 29.8 Å². The van der Waals surface area contributed by atoms with Crippen molar-refractivity contribution in [3.05, 3.63) is 35.9 Å². The SMILES string of the molecule is CC(C)(C)OC(=O)[C@H](CCCN=C(N)N)NC(=O)[C@H](Cc1ccccc1)NC(=O)CNC(=O)OC12CC3CC(CC(C3)C1)C2. The molecule has 4 fully saturated rings. The maximum Gasteiger partial charge on any atom is 0.408 e. The van der Waals surface area contributed by atoms with Crippen molar-refractivity contribution in [2.75, 3.05) is 13.1 Å². The van der Waals surface area contributed by atoms with Gasteiger partial charge in [-0.15, -0.1) is 0 Å². The Morgan fingerprint density at radius 3 is 2.14 bits per heavy atom. The van der Waals surface area contributed by atoms with Crippen molar-refractivity contribution in [3.63, 3.8) is 0 Å². The number of nitrogens with zero attached hydrogens (tertiary/aromatic N) is 1. The number of amides is 3. The molecule has 4 aliphatic rings. The number of carbonyl (C=O) groups is 4. The predicted molar refractivity (Wildman–Crippen MR) is 165 cm³/mol. The number of guanidine groups is 1. The van der Waals surface area contributed by atoms with Crippen LogP contribution in [-0.2, 0) is 30.3 Å². The molecule has 2 atom stereocenters. The third-order valence-corrected chi connectivity index (χ3v) is 8.57. The number of carbonyl (C=O) groups excluding carboxylic acids is 4. The second-order valence-corrected chi connectivity index (χ2v) is 13.7. The quantitative estimate of drug-likeness (QED) is 0.0971. The van der Waals surface area contributed by atoms with Gasteiger partial charge in [-0.25, -0.2) is 9.59 Å². The molecule has 1 aromatic rings. The Balaban J connectivity index is 1.37. The molecule has 44 heavy (non-hydrogen) atoms. The third kappa shape index (κ3) is 9.85. The molecule has 12 heteroatoms. The molecule has 4 saturated carbocycles. The fourth-order valence-electron chi connectivity index (χ4n) is 7.24. The van der Waals surface area contributed by atoms with Crippen molar-refractivity contribution in [1.29, 1.82) is 0 Å². The van der Waals surface area contributed by atoms with Crippen molar-refractivity contribution in [2.45, 2.75) is 102 Å². The van der Waals surface area contributed by atoms with Crippen LogP contribution in [0.4, 0.5) is 4.79 Å². The summed E-state index contributed by atoms with van der Waals surface area (Å²) in [5.74, 6) is 0.0708. The maximum atomic E-state index is 13.5. The van der Waals surface area contributed by atoms with E-state index in [0.29, 0.717) is 24.2 Å². The highest BCUT2D eigenvalue weighted by molar-refractivity contribution is 5.92. The predicted octanol–water partition coefficient (Wildman–Crippen LogP) is 2.29. The Kier molecular flexibility index (Phi) is 10.7. The lowest BCUT2D eigenvalue weighted by Gasteiger charge is -2.55. The monoisotopic (exact) mass is 612 g/mol. The number of alkyl carbamates (subject to hydrolysis) is 1. The molecule has 0 unspecified atom stereocenters. The van der Waals surface area contributed by atoms with E-state index in [1.807, 2.05) is 30.3 Å². The average molecular weight is 613 g/mol. The van der Waals surface area contributed by atoms with E-state index in [0.717, 1.165) is 24.8 Å². The number of benzene rings is 1. The van der Waals surface area contributed by atoms with Gasteiger partial charge >= 0.3 is 12.1 Å². The Morgan fingerprint density at radius 2 is 1.57 bits per heavy atom. The Bertz CT molecular complexity index is 1170. The zero-order chi connectivity index (χ0) is 31.9. The summed E-state index contributed by atoms with van der Waals surface area (Å²) >= 11 is 0. The summed E-state index contributed by atoms with van der Waals surface area (Å²) in [7, 11) is 0. The maximum absolute atomic E-state index is 13.5. The van der Waals surface area contributed by atoms with Crippen molar-refractivity contribution >= 4 is 29.8 Å².